The van der Waals surface area contributed by atoms with E-state index in [0.29, 0.717) is 5.56 Å². The lowest BCUT2D eigenvalue weighted by Gasteiger charge is -2.14. The van der Waals surface area contributed by atoms with Crippen molar-refractivity contribution in [3.63, 3.8) is 0 Å². The molecule has 1 aromatic heterocycles. The van der Waals surface area contributed by atoms with E-state index < -0.39 is 18.4 Å². The Morgan fingerprint density at radius 3 is 2.24 bits per heavy atom. The van der Waals surface area contributed by atoms with Gasteiger partial charge in [-0.2, -0.15) is 4.39 Å². The fraction of sp³-hybridized carbons (Fsp3) is 0.154. The Morgan fingerprint density at radius 1 is 1.10 bits per heavy atom. The number of alkyl halides is 3. The summed E-state index contributed by atoms with van der Waals surface area (Å²) in [6, 6.07) is 7.11. The average Bonchev–Trinajstić information content (AvgIpc) is 2.37. The first-order chi connectivity index (χ1) is 9.37. The zero-order chi connectivity index (χ0) is 14.8. The minimum atomic E-state index is -4.75. The van der Waals surface area contributed by atoms with E-state index in [-0.39, 0.29) is 23.7 Å². The van der Waals surface area contributed by atoms with E-state index in [1.54, 1.807) is 0 Å². The van der Waals surface area contributed by atoms with Crippen molar-refractivity contribution in [1.29, 1.82) is 0 Å². The van der Waals surface area contributed by atoms with E-state index >= 15 is 0 Å². The van der Waals surface area contributed by atoms with Crippen LogP contribution in [0, 0.1) is 5.95 Å². The summed E-state index contributed by atoms with van der Waals surface area (Å²) in [6.07, 6.45) is -3.47. The summed E-state index contributed by atoms with van der Waals surface area (Å²) >= 11 is 0. The van der Waals surface area contributed by atoms with Crippen LogP contribution in [-0.4, -0.2) is 11.3 Å². The molecule has 0 unspecified atom stereocenters. The van der Waals surface area contributed by atoms with Gasteiger partial charge in [-0.25, -0.2) is 4.98 Å². The number of hydrogen-bond acceptors (Lipinski definition) is 3. The van der Waals surface area contributed by atoms with Gasteiger partial charge in [0.05, 0.1) is 6.04 Å². The molecule has 3 nitrogen and oxygen atoms in total. The fourth-order valence-electron chi connectivity index (χ4n) is 1.69. The number of pyridine rings is 1. The minimum Gasteiger partial charge on any atom is -0.406 e. The highest BCUT2D eigenvalue weighted by atomic mass is 35.5. The SMILES string of the molecule is Cl.N[C@@H](c1ccc(OC(F)(F)F)cc1)c1cccnc1F. The Labute approximate surface area is 124 Å². The van der Waals surface area contributed by atoms with Crippen LogP contribution in [0.5, 0.6) is 5.75 Å². The molecule has 114 valence electrons. The highest BCUT2D eigenvalue weighted by Gasteiger charge is 2.31. The van der Waals surface area contributed by atoms with Crippen molar-refractivity contribution in [2.24, 2.45) is 5.73 Å². The molecule has 0 spiro atoms. The average molecular weight is 323 g/mol. The number of ether oxygens (including phenoxy) is 1. The van der Waals surface area contributed by atoms with E-state index in [1.165, 1.54) is 30.5 Å². The molecule has 1 aromatic carbocycles. The zero-order valence-electron chi connectivity index (χ0n) is 10.5. The van der Waals surface area contributed by atoms with Crippen LogP contribution in [0.4, 0.5) is 17.6 Å². The number of nitrogens with two attached hydrogens (primary N) is 1. The molecule has 2 rings (SSSR count). The molecule has 0 aliphatic carbocycles. The van der Waals surface area contributed by atoms with Crippen LogP contribution >= 0.6 is 12.4 Å². The van der Waals surface area contributed by atoms with Gasteiger partial charge < -0.3 is 10.5 Å². The van der Waals surface area contributed by atoms with Crippen molar-refractivity contribution >= 4 is 12.4 Å². The number of halogens is 5. The summed E-state index contributed by atoms with van der Waals surface area (Å²) < 4.78 is 53.2. The van der Waals surface area contributed by atoms with Gasteiger partial charge in [0.15, 0.2) is 0 Å². The van der Waals surface area contributed by atoms with E-state index in [2.05, 4.69) is 9.72 Å². The number of aromatic nitrogens is 1. The van der Waals surface area contributed by atoms with E-state index in [0.717, 1.165) is 12.1 Å². The first-order valence-corrected chi connectivity index (χ1v) is 5.58. The van der Waals surface area contributed by atoms with Crippen molar-refractivity contribution < 1.29 is 22.3 Å². The molecule has 1 atom stereocenters. The summed E-state index contributed by atoms with van der Waals surface area (Å²) in [4.78, 5) is 3.47. The van der Waals surface area contributed by atoms with Gasteiger partial charge in [0.2, 0.25) is 5.95 Å². The van der Waals surface area contributed by atoms with Crippen LogP contribution in [0.1, 0.15) is 17.2 Å². The summed E-state index contributed by atoms with van der Waals surface area (Å²) in [5.74, 6) is -1.07. The lowest BCUT2D eigenvalue weighted by Crippen LogP contribution is -2.17. The molecular formula is C13H11ClF4N2O. The molecule has 21 heavy (non-hydrogen) atoms. The van der Waals surface area contributed by atoms with Crippen molar-refractivity contribution in [3.05, 3.63) is 59.7 Å². The third-order valence-electron chi connectivity index (χ3n) is 2.60. The molecule has 0 saturated heterocycles. The summed E-state index contributed by atoms with van der Waals surface area (Å²) in [5, 5.41) is 0. The number of hydrogen-bond donors (Lipinski definition) is 1. The Morgan fingerprint density at radius 2 is 1.71 bits per heavy atom. The second-order valence-corrected chi connectivity index (χ2v) is 3.98. The topological polar surface area (TPSA) is 48.1 Å². The van der Waals surface area contributed by atoms with Gasteiger partial charge in [-0.15, -0.1) is 25.6 Å². The number of nitrogens with zero attached hydrogens (tertiary/aromatic N) is 1. The summed E-state index contributed by atoms with van der Waals surface area (Å²) in [6.45, 7) is 0. The molecule has 0 radical (unpaired) electrons. The maximum atomic E-state index is 13.5. The maximum absolute atomic E-state index is 13.5. The highest BCUT2D eigenvalue weighted by Crippen LogP contribution is 2.26. The number of benzene rings is 1. The normalized spacial score (nSPS) is 12.4. The quantitative estimate of drug-likeness (QED) is 0.694. The first kappa shape index (κ1) is 17.2. The van der Waals surface area contributed by atoms with Gasteiger partial charge in [0, 0.05) is 11.8 Å². The van der Waals surface area contributed by atoms with Crippen LogP contribution in [0.15, 0.2) is 42.6 Å². The molecule has 0 aliphatic heterocycles. The summed E-state index contributed by atoms with van der Waals surface area (Å²) in [5.41, 5.74) is 6.47. The second kappa shape index (κ2) is 6.73. The van der Waals surface area contributed by atoms with Crippen LogP contribution in [0.3, 0.4) is 0 Å². The molecule has 0 fully saturated rings. The number of rotatable bonds is 3. The molecule has 0 saturated carbocycles. The third kappa shape index (κ3) is 4.57. The Hall–Kier alpha value is -1.86. The van der Waals surface area contributed by atoms with E-state index in [4.69, 9.17) is 5.73 Å². The zero-order valence-corrected chi connectivity index (χ0v) is 11.3. The van der Waals surface area contributed by atoms with Gasteiger partial charge >= 0.3 is 6.36 Å². The lowest BCUT2D eigenvalue weighted by molar-refractivity contribution is -0.274. The molecular weight excluding hydrogens is 312 g/mol. The fourth-order valence-corrected chi connectivity index (χ4v) is 1.69. The molecule has 2 aromatic rings. The predicted molar refractivity (Wildman–Crippen MR) is 70.6 cm³/mol. The molecule has 0 aliphatic rings. The highest BCUT2D eigenvalue weighted by molar-refractivity contribution is 5.85. The van der Waals surface area contributed by atoms with Crippen LogP contribution in [0.2, 0.25) is 0 Å². The van der Waals surface area contributed by atoms with Crippen LogP contribution < -0.4 is 10.5 Å². The standard InChI is InChI=1S/C13H10F4N2O.ClH/c14-12-10(2-1-7-19-12)11(18)8-3-5-9(6-4-8)20-13(15,16)17;/h1-7,11H,18H2;1H/t11-;/m0./s1. The molecule has 2 N–H and O–H groups in total. The molecule has 8 heteroatoms. The van der Waals surface area contributed by atoms with Crippen molar-refractivity contribution in [1.82, 2.24) is 4.98 Å². The minimum absolute atomic E-state index is 0. The van der Waals surface area contributed by atoms with Crippen LogP contribution in [-0.2, 0) is 0 Å². The smallest absolute Gasteiger partial charge is 0.406 e. The second-order valence-electron chi connectivity index (χ2n) is 3.98. The molecule has 0 bridgehead atoms. The van der Waals surface area contributed by atoms with Gasteiger partial charge in [0.1, 0.15) is 5.75 Å². The van der Waals surface area contributed by atoms with Gasteiger partial charge in [-0.3, -0.25) is 0 Å². The molecule has 0 amide bonds. The van der Waals surface area contributed by atoms with E-state index in [9.17, 15) is 17.6 Å². The largest absolute Gasteiger partial charge is 0.573 e. The van der Waals surface area contributed by atoms with Crippen molar-refractivity contribution in [2.45, 2.75) is 12.4 Å². The Bertz CT molecular complexity index is 589. The van der Waals surface area contributed by atoms with Gasteiger partial charge in [0.25, 0.3) is 0 Å². The predicted octanol–water partition coefficient (Wildman–Crippen LogP) is 3.59. The Kier molecular flexibility index (Phi) is 5.51. The Balaban J connectivity index is 0.00000220. The van der Waals surface area contributed by atoms with Crippen LogP contribution in [0.25, 0.3) is 0 Å². The van der Waals surface area contributed by atoms with Crippen molar-refractivity contribution in [3.8, 4) is 5.75 Å². The monoisotopic (exact) mass is 322 g/mol. The summed E-state index contributed by atoms with van der Waals surface area (Å²) in [7, 11) is 0. The third-order valence-corrected chi connectivity index (χ3v) is 2.60. The molecule has 1 heterocycles. The van der Waals surface area contributed by atoms with E-state index in [1.807, 2.05) is 0 Å². The lowest BCUT2D eigenvalue weighted by atomic mass is 10.0. The first-order valence-electron chi connectivity index (χ1n) is 5.58. The van der Waals surface area contributed by atoms with Crippen molar-refractivity contribution in [2.75, 3.05) is 0 Å². The van der Waals surface area contributed by atoms with Gasteiger partial charge in [-0.1, -0.05) is 18.2 Å². The van der Waals surface area contributed by atoms with Gasteiger partial charge in [-0.05, 0) is 23.8 Å². The maximum Gasteiger partial charge on any atom is 0.573 e.